The van der Waals surface area contributed by atoms with Crippen molar-refractivity contribution in [2.75, 3.05) is 0 Å². The van der Waals surface area contributed by atoms with Crippen molar-refractivity contribution in [1.29, 1.82) is 5.26 Å². The number of halogens is 1. The van der Waals surface area contributed by atoms with E-state index in [0.29, 0.717) is 18.0 Å². The molecule has 0 saturated heterocycles. The van der Waals surface area contributed by atoms with Gasteiger partial charge in [-0.1, -0.05) is 65.9 Å². The number of ether oxygens (including phenoxy) is 1. The molecule has 0 N–H and O–H groups in total. The van der Waals surface area contributed by atoms with Crippen molar-refractivity contribution in [3.8, 4) is 11.9 Å². The molecule has 1 heterocycles. The number of hydrogen-bond acceptors (Lipinski definition) is 4. The average Bonchev–Trinajstić information content (AvgIpc) is 2.74. The lowest BCUT2D eigenvalue weighted by molar-refractivity contribution is 0.289. The summed E-state index contributed by atoms with van der Waals surface area (Å²) in [6.45, 7) is 11.2. The summed E-state index contributed by atoms with van der Waals surface area (Å²) in [6.07, 6.45) is 6.52. The molecule has 0 aliphatic carbocycles. The highest BCUT2D eigenvalue weighted by atomic mass is 19.1. The molecule has 0 radical (unpaired) electrons. The van der Waals surface area contributed by atoms with Gasteiger partial charge < -0.3 is 4.74 Å². The average molecular weight is 416 g/mol. The van der Waals surface area contributed by atoms with Crippen LogP contribution < -0.4 is 10.4 Å². The highest BCUT2D eigenvalue weighted by Crippen LogP contribution is 2.14. The Morgan fingerprint density at radius 1 is 1.20 bits per heavy atom. The highest BCUT2D eigenvalue weighted by Gasteiger charge is 2.10. The van der Waals surface area contributed by atoms with Gasteiger partial charge >= 0.3 is 5.69 Å². The summed E-state index contributed by atoms with van der Waals surface area (Å²) in [5.74, 6) is 0.0437. The van der Waals surface area contributed by atoms with Gasteiger partial charge in [-0.2, -0.15) is 10.2 Å². The van der Waals surface area contributed by atoms with Crippen molar-refractivity contribution < 1.29 is 9.13 Å². The Kier molecular flexibility index (Phi) is 11.4. The van der Waals surface area contributed by atoms with Crippen LogP contribution in [0.2, 0.25) is 0 Å². The molecule has 164 valence electrons. The largest absolute Gasteiger partial charge is 0.473 e. The number of hydrogen-bond donors (Lipinski definition) is 0. The van der Waals surface area contributed by atoms with Crippen LogP contribution in [0.25, 0.3) is 0 Å². The minimum atomic E-state index is -0.567. The first kappa shape index (κ1) is 25.4. The Bertz CT molecular complexity index is 883. The molecule has 6 heteroatoms. The van der Waals surface area contributed by atoms with E-state index in [0.717, 1.165) is 12.1 Å². The van der Waals surface area contributed by atoms with E-state index in [1.807, 2.05) is 6.92 Å². The first-order valence-corrected chi connectivity index (χ1v) is 10.8. The van der Waals surface area contributed by atoms with Gasteiger partial charge in [0.05, 0.1) is 5.56 Å². The smallest absolute Gasteiger partial charge is 0.351 e. The fourth-order valence-electron chi connectivity index (χ4n) is 2.74. The molecule has 5 nitrogen and oxygen atoms in total. The Morgan fingerprint density at radius 3 is 2.40 bits per heavy atom. The second kappa shape index (κ2) is 13.5. The predicted molar refractivity (Wildman–Crippen MR) is 118 cm³/mol. The lowest BCUT2D eigenvalue weighted by Crippen LogP contribution is -2.27. The molecule has 1 aromatic heterocycles. The predicted octanol–water partition coefficient (Wildman–Crippen LogP) is 5.77. The maximum Gasteiger partial charge on any atom is 0.351 e. The van der Waals surface area contributed by atoms with Gasteiger partial charge in [-0.25, -0.2) is 9.18 Å². The number of nitriles is 1. The second-order valence-corrected chi connectivity index (χ2v) is 7.56. The molecule has 0 saturated carbocycles. The van der Waals surface area contributed by atoms with Gasteiger partial charge in [0.25, 0.3) is 0 Å². The number of rotatable bonds is 9. The van der Waals surface area contributed by atoms with Crippen molar-refractivity contribution in [3.05, 3.63) is 57.4 Å². The SMILES string of the molecule is CCC(C)Cn1c(C)cc(OCc2ccc(F)c(C#N)c2)nc1=O.CCCCCC. The van der Waals surface area contributed by atoms with Crippen LogP contribution in [0.5, 0.6) is 5.88 Å². The summed E-state index contributed by atoms with van der Waals surface area (Å²) in [4.78, 5) is 16.1. The van der Waals surface area contributed by atoms with Crippen LogP contribution in [0.1, 0.15) is 76.6 Å². The first-order valence-electron chi connectivity index (χ1n) is 10.8. The second-order valence-electron chi connectivity index (χ2n) is 7.56. The molecule has 0 spiro atoms. The van der Waals surface area contributed by atoms with Gasteiger partial charge in [0.2, 0.25) is 5.88 Å². The standard InChI is InChI=1S/C18H20FN3O2.C6H14/c1-4-12(2)10-22-13(3)7-17(21-18(22)23)24-11-14-5-6-16(19)15(8-14)9-20;1-3-5-6-4-2/h5-8,12H,4,10-11H2,1-3H3;3-6H2,1-2H3. The summed E-state index contributed by atoms with van der Waals surface area (Å²) in [5.41, 5.74) is 1.03. The van der Waals surface area contributed by atoms with E-state index in [9.17, 15) is 9.18 Å². The Hall–Kier alpha value is -2.68. The molecule has 1 unspecified atom stereocenters. The van der Waals surface area contributed by atoms with E-state index in [1.54, 1.807) is 16.7 Å². The Balaban J connectivity index is 0.000000656. The fourth-order valence-corrected chi connectivity index (χ4v) is 2.74. The van der Waals surface area contributed by atoms with Crippen molar-refractivity contribution in [1.82, 2.24) is 9.55 Å². The maximum atomic E-state index is 13.3. The molecule has 2 rings (SSSR count). The third-order valence-corrected chi connectivity index (χ3v) is 4.88. The lowest BCUT2D eigenvalue weighted by atomic mass is 10.1. The third-order valence-electron chi connectivity index (χ3n) is 4.88. The molecule has 1 aromatic carbocycles. The number of aryl methyl sites for hydroxylation is 1. The Morgan fingerprint density at radius 2 is 1.87 bits per heavy atom. The van der Waals surface area contributed by atoms with Crippen LogP contribution in [0.3, 0.4) is 0 Å². The zero-order valence-corrected chi connectivity index (χ0v) is 18.9. The van der Waals surface area contributed by atoms with Crippen molar-refractivity contribution >= 4 is 0 Å². The van der Waals surface area contributed by atoms with E-state index in [4.69, 9.17) is 10.00 Å². The van der Waals surface area contributed by atoms with Gasteiger partial charge in [0.15, 0.2) is 0 Å². The van der Waals surface area contributed by atoms with Gasteiger partial charge in [0.1, 0.15) is 18.5 Å². The van der Waals surface area contributed by atoms with Gasteiger partial charge in [-0.15, -0.1) is 0 Å². The van der Waals surface area contributed by atoms with Crippen molar-refractivity contribution in [2.24, 2.45) is 5.92 Å². The zero-order chi connectivity index (χ0) is 22.5. The van der Waals surface area contributed by atoms with E-state index < -0.39 is 5.82 Å². The van der Waals surface area contributed by atoms with Crippen LogP contribution in [-0.4, -0.2) is 9.55 Å². The molecular weight excluding hydrogens is 381 g/mol. The van der Waals surface area contributed by atoms with Crippen LogP contribution in [0, 0.1) is 30.0 Å². The first-order chi connectivity index (χ1) is 14.4. The van der Waals surface area contributed by atoms with E-state index in [1.165, 1.54) is 43.9 Å². The van der Waals surface area contributed by atoms with Gasteiger partial charge in [-0.3, -0.25) is 4.57 Å². The van der Waals surface area contributed by atoms with Gasteiger partial charge in [0, 0.05) is 18.3 Å². The number of aromatic nitrogens is 2. The summed E-state index contributed by atoms with van der Waals surface area (Å²) in [5, 5.41) is 8.84. The third kappa shape index (κ3) is 8.36. The monoisotopic (exact) mass is 415 g/mol. The molecule has 1 atom stereocenters. The molecule has 2 aromatic rings. The molecule has 30 heavy (non-hydrogen) atoms. The summed E-state index contributed by atoms with van der Waals surface area (Å²) in [6, 6.07) is 7.67. The topological polar surface area (TPSA) is 67.9 Å². The van der Waals surface area contributed by atoms with Crippen molar-refractivity contribution in [3.63, 3.8) is 0 Å². The number of unbranched alkanes of at least 4 members (excludes halogenated alkanes) is 3. The highest BCUT2D eigenvalue weighted by molar-refractivity contribution is 5.34. The van der Waals surface area contributed by atoms with E-state index in [2.05, 4.69) is 32.7 Å². The van der Waals surface area contributed by atoms with Gasteiger partial charge in [-0.05, 0) is 30.5 Å². The van der Waals surface area contributed by atoms with Crippen LogP contribution in [-0.2, 0) is 13.2 Å². The molecule has 0 bridgehead atoms. The maximum absolute atomic E-state index is 13.3. The normalized spacial score (nSPS) is 11.2. The molecule has 0 aliphatic rings. The zero-order valence-electron chi connectivity index (χ0n) is 18.9. The minimum absolute atomic E-state index is 0.0378. The van der Waals surface area contributed by atoms with Crippen LogP contribution >= 0.6 is 0 Å². The molecule has 0 aliphatic heterocycles. The number of nitrogens with zero attached hydrogens (tertiary/aromatic N) is 3. The Labute approximate surface area is 179 Å². The van der Waals surface area contributed by atoms with Crippen LogP contribution in [0.15, 0.2) is 29.1 Å². The minimum Gasteiger partial charge on any atom is -0.473 e. The van der Waals surface area contributed by atoms with Crippen LogP contribution in [0.4, 0.5) is 4.39 Å². The lowest BCUT2D eigenvalue weighted by Gasteiger charge is -2.14. The quantitative estimate of drug-likeness (QED) is 0.487. The summed E-state index contributed by atoms with van der Waals surface area (Å²) in [7, 11) is 0. The fraction of sp³-hybridized carbons (Fsp3) is 0.542. The molecular formula is C24H34FN3O2. The van der Waals surface area contributed by atoms with E-state index in [-0.39, 0.29) is 23.7 Å². The van der Waals surface area contributed by atoms with E-state index >= 15 is 0 Å². The summed E-state index contributed by atoms with van der Waals surface area (Å²) >= 11 is 0. The molecule has 0 fully saturated rings. The van der Waals surface area contributed by atoms with Crippen molar-refractivity contribution in [2.45, 2.75) is 79.9 Å². The molecule has 0 amide bonds. The number of benzene rings is 1. The summed E-state index contributed by atoms with van der Waals surface area (Å²) < 4.78 is 20.5.